The Balaban J connectivity index is 0.000000277. The van der Waals surface area contributed by atoms with Gasteiger partial charge in [-0.3, -0.25) is 9.78 Å². The quantitative estimate of drug-likeness (QED) is 0.252. The molecule has 0 saturated carbocycles. The lowest BCUT2D eigenvalue weighted by atomic mass is 10.1. The van der Waals surface area contributed by atoms with Gasteiger partial charge in [-0.05, 0) is 56.1 Å². The average molecular weight is 577 g/mol. The number of nitrogens with one attached hydrogen (secondary N) is 2. The Morgan fingerprint density at radius 2 is 1.44 bits per heavy atom. The highest BCUT2D eigenvalue weighted by molar-refractivity contribution is 9.11. The molecule has 3 aromatic rings. The first-order valence-electron chi connectivity index (χ1n) is 8.33. The zero-order valence-electron chi connectivity index (χ0n) is 16.7. The summed E-state index contributed by atoms with van der Waals surface area (Å²) in [6, 6.07) is 5.71. The van der Waals surface area contributed by atoms with Crippen molar-refractivity contribution in [1.82, 2.24) is 9.97 Å². The van der Waals surface area contributed by atoms with E-state index in [1.807, 2.05) is 0 Å². The molecule has 2 amide bonds. The van der Waals surface area contributed by atoms with Crippen LogP contribution in [0.5, 0.6) is 11.5 Å². The smallest absolute Gasteiger partial charge is 0.341 e. The molecule has 1 heterocycles. The van der Waals surface area contributed by atoms with E-state index in [-0.39, 0.29) is 17.0 Å². The van der Waals surface area contributed by atoms with Crippen molar-refractivity contribution in [1.29, 1.82) is 0 Å². The minimum atomic E-state index is -1.10. The number of fused-ring (bicyclic) bond motifs is 1. The molecule has 0 saturated heterocycles. The lowest BCUT2D eigenvalue weighted by Crippen LogP contribution is -2.22. The van der Waals surface area contributed by atoms with Crippen molar-refractivity contribution in [2.24, 2.45) is 11.5 Å². The molecule has 12 nitrogen and oxygen atoms in total. The number of ether oxygens (including phenoxy) is 2. The van der Waals surface area contributed by atoms with Gasteiger partial charge < -0.3 is 36.8 Å². The van der Waals surface area contributed by atoms with Crippen LogP contribution in [0.3, 0.4) is 0 Å². The van der Waals surface area contributed by atoms with E-state index in [1.54, 1.807) is 24.3 Å². The molecule has 0 spiro atoms. The number of aromatic nitrogens is 2. The van der Waals surface area contributed by atoms with Crippen molar-refractivity contribution < 1.29 is 24.2 Å². The second-order valence-electron chi connectivity index (χ2n) is 5.65. The van der Waals surface area contributed by atoms with Gasteiger partial charge in [0.2, 0.25) is 0 Å². The standard InChI is InChI=1S/C9H7BrN2O3.C8H8BrNO3.CH4N2O/c1-15-5-3-2-4(10)7-6(5)8(13)12-9(14)11-7;1-13-5-3-2-4(9)7(10)6(5)8(11)12;2-1(3)4/h2-3H,1H3,(H2,11,12,13,14);2-3H,10H2,1H3,(H,11,12);(H4,2,3,4). The monoisotopic (exact) mass is 575 g/mol. The number of hydrogen-bond donors (Lipinski definition) is 6. The lowest BCUT2D eigenvalue weighted by Gasteiger charge is -2.08. The number of benzene rings is 2. The molecule has 0 atom stereocenters. The predicted octanol–water partition coefficient (Wildman–Crippen LogP) is 1.75. The van der Waals surface area contributed by atoms with Crippen molar-refractivity contribution in [3.8, 4) is 11.5 Å². The number of H-pyrrole nitrogens is 2. The molecule has 0 aliphatic carbocycles. The molecule has 2 aromatic carbocycles. The van der Waals surface area contributed by atoms with Crippen LogP contribution in [-0.2, 0) is 0 Å². The van der Waals surface area contributed by atoms with Crippen LogP contribution in [0.2, 0.25) is 0 Å². The molecule has 0 fully saturated rings. The zero-order valence-corrected chi connectivity index (χ0v) is 19.9. The van der Waals surface area contributed by atoms with E-state index in [0.717, 1.165) is 0 Å². The first-order valence-corrected chi connectivity index (χ1v) is 9.92. The van der Waals surface area contributed by atoms with Gasteiger partial charge in [-0.1, -0.05) is 0 Å². The van der Waals surface area contributed by atoms with E-state index in [9.17, 15) is 14.4 Å². The van der Waals surface area contributed by atoms with Crippen LogP contribution in [0.15, 0.2) is 42.8 Å². The maximum atomic E-state index is 11.6. The number of carbonyl (C=O) groups is 2. The largest absolute Gasteiger partial charge is 0.496 e. The van der Waals surface area contributed by atoms with Crippen LogP contribution < -0.4 is 37.9 Å². The zero-order chi connectivity index (χ0) is 24.6. The molecule has 0 bridgehead atoms. The van der Waals surface area contributed by atoms with Gasteiger partial charge in [0.25, 0.3) is 5.56 Å². The van der Waals surface area contributed by atoms with Crippen LogP contribution >= 0.6 is 31.9 Å². The SMILES string of the molecule is COc1ccc(Br)c(N)c1C(=O)O.COc1ccc(Br)c2[nH]c(=O)[nH]c(=O)c12.NC(N)=O. The van der Waals surface area contributed by atoms with Crippen LogP contribution in [0, 0.1) is 0 Å². The maximum absolute atomic E-state index is 11.6. The number of nitrogens with two attached hydrogens (primary N) is 3. The normalized spacial score (nSPS) is 9.62. The summed E-state index contributed by atoms with van der Waals surface area (Å²) >= 11 is 6.38. The topological polar surface area (TPSA) is 217 Å². The average Bonchev–Trinajstić information content (AvgIpc) is 2.70. The summed E-state index contributed by atoms with van der Waals surface area (Å²) in [6.45, 7) is 0. The number of amides is 2. The number of hydrogen-bond acceptors (Lipinski definition) is 7. The second-order valence-corrected chi connectivity index (χ2v) is 7.36. The number of aromatic amines is 2. The number of rotatable bonds is 3. The lowest BCUT2D eigenvalue weighted by molar-refractivity contribution is 0.0694. The third kappa shape index (κ3) is 6.75. The number of carboxylic acid groups (broad SMARTS) is 1. The van der Waals surface area contributed by atoms with Crippen molar-refractivity contribution in [3.63, 3.8) is 0 Å². The Morgan fingerprint density at radius 3 is 1.94 bits per heavy atom. The van der Waals surface area contributed by atoms with E-state index >= 15 is 0 Å². The summed E-state index contributed by atoms with van der Waals surface area (Å²) in [7, 11) is 2.86. The summed E-state index contributed by atoms with van der Waals surface area (Å²) < 4.78 is 11.1. The minimum Gasteiger partial charge on any atom is -0.496 e. The fourth-order valence-electron chi connectivity index (χ4n) is 2.35. The van der Waals surface area contributed by atoms with Crippen LogP contribution in [-0.4, -0.2) is 41.3 Å². The van der Waals surface area contributed by atoms with Gasteiger partial charge in [-0.15, -0.1) is 0 Å². The first kappa shape index (κ1) is 26.5. The fourth-order valence-corrected chi connectivity index (χ4v) is 3.11. The molecular formula is C18H19Br2N5O7. The number of nitrogen functional groups attached to an aromatic ring is 1. The number of carbonyl (C=O) groups excluding carboxylic acids is 1. The summed E-state index contributed by atoms with van der Waals surface area (Å²) in [5.41, 5.74) is 13.6. The Bertz CT molecular complexity index is 1250. The molecular weight excluding hydrogens is 558 g/mol. The van der Waals surface area contributed by atoms with Gasteiger partial charge in [0.1, 0.15) is 22.4 Å². The maximum Gasteiger partial charge on any atom is 0.341 e. The first-order chi connectivity index (χ1) is 14.9. The number of carboxylic acids is 1. The molecule has 0 radical (unpaired) electrons. The molecule has 172 valence electrons. The number of halogens is 2. The fraction of sp³-hybridized carbons (Fsp3) is 0.111. The van der Waals surface area contributed by atoms with Crippen LogP contribution in [0.25, 0.3) is 10.9 Å². The van der Waals surface area contributed by atoms with Gasteiger partial charge >= 0.3 is 17.7 Å². The van der Waals surface area contributed by atoms with Gasteiger partial charge in [-0.25, -0.2) is 14.4 Å². The summed E-state index contributed by atoms with van der Waals surface area (Å²) in [6.07, 6.45) is 0. The van der Waals surface area contributed by atoms with E-state index in [4.69, 9.17) is 25.1 Å². The number of anilines is 1. The highest BCUT2D eigenvalue weighted by Gasteiger charge is 2.16. The Labute approximate surface area is 197 Å². The molecule has 14 heteroatoms. The van der Waals surface area contributed by atoms with E-state index in [0.29, 0.717) is 25.6 Å². The predicted molar refractivity (Wildman–Crippen MR) is 125 cm³/mol. The Kier molecular flexibility index (Phi) is 9.74. The van der Waals surface area contributed by atoms with E-state index in [1.165, 1.54) is 14.2 Å². The van der Waals surface area contributed by atoms with Gasteiger partial charge in [0, 0.05) is 8.95 Å². The van der Waals surface area contributed by atoms with Crippen LogP contribution in [0.1, 0.15) is 10.4 Å². The van der Waals surface area contributed by atoms with Crippen molar-refractivity contribution in [3.05, 3.63) is 59.6 Å². The Morgan fingerprint density at radius 1 is 0.938 bits per heavy atom. The molecule has 1 aromatic heterocycles. The summed E-state index contributed by atoms with van der Waals surface area (Å²) in [5.74, 6) is -0.422. The third-order valence-electron chi connectivity index (χ3n) is 3.62. The summed E-state index contributed by atoms with van der Waals surface area (Å²) in [5, 5.41) is 9.15. The Hall–Kier alpha value is -3.52. The van der Waals surface area contributed by atoms with Gasteiger partial charge in [0.15, 0.2) is 0 Å². The summed E-state index contributed by atoms with van der Waals surface area (Å²) in [4.78, 5) is 47.1. The van der Waals surface area contributed by atoms with Crippen LogP contribution in [0.4, 0.5) is 10.5 Å². The van der Waals surface area contributed by atoms with Gasteiger partial charge in [-0.2, -0.15) is 0 Å². The molecule has 32 heavy (non-hydrogen) atoms. The number of urea groups is 1. The molecule has 3 rings (SSSR count). The molecule has 9 N–H and O–H groups in total. The highest BCUT2D eigenvalue weighted by Crippen LogP contribution is 2.31. The minimum absolute atomic E-state index is 0.0168. The van der Waals surface area contributed by atoms with Crippen molar-refractivity contribution in [2.75, 3.05) is 20.0 Å². The number of methoxy groups -OCH3 is 2. The second kappa shape index (κ2) is 11.8. The number of aromatic carboxylic acids is 1. The number of primary amides is 2. The molecule has 0 aliphatic heterocycles. The highest BCUT2D eigenvalue weighted by atomic mass is 79.9. The third-order valence-corrected chi connectivity index (χ3v) is 4.97. The van der Waals surface area contributed by atoms with Crippen molar-refractivity contribution >= 4 is 60.5 Å². The van der Waals surface area contributed by atoms with E-state index in [2.05, 4.69) is 53.3 Å². The van der Waals surface area contributed by atoms with Gasteiger partial charge in [0.05, 0.1) is 25.4 Å². The van der Waals surface area contributed by atoms with E-state index < -0.39 is 23.2 Å². The molecule has 0 unspecified atom stereocenters. The molecule has 0 aliphatic rings. The van der Waals surface area contributed by atoms with Crippen molar-refractivity contribution in [2.45, 2.75) is 0 Å².